The maximum Gasteiger partial charge on any atom is 0.406 e. The molecule has 0 saturated carbocycles. The number of alkyl halides is 3. The van der Waals surface area contributed by atoms with Gasteiger partial charge in [0.15, 0.2) is 5.92 Å². The van der Waals surface area contributed by atoms with Crippen molar-refractivity contribution in [2.45, 2.75) is 20.0 Å². The van der Waals surface area contributed by atoms with Crippen molar-refractivity contribution in [1.82, 2.24) is 0 Å². The molecule has 1 N–H and O–H groups in total. The molecule has 0 amide bonds. The third-order valence-electron chi connectivity index (χ3n) is 2.57. The normalized spacial score (nSPS) is 12.9. The minimum atomic E-state index is -4.48. The van der Waals surface area contributed by atoms with Crippen LogP contribution in [0.1, 0.15) is 11.1 Å². The van der Waals surface area contributed by atoms with E-state index >= 15 is 0 Å². The van der Waals surface area contributed by atoms with Crippen LogP contribution in [-0.4, -0.2) is 12.7 Å². The number of hydrogen-bond donors (Lipinski definition) is 1. The molecule has 0 heterocycles. The Kier molecular flexibility index (Phi) is 4.00. The van der Waals surface area contributed by atoms with Gasteiger partial charge in [-0.15, -0.1) is 0 Å². The molecular weight excluding hydrogens is 229 g/mol. The van der Waals surface area contributed by atoms with Gasteiger partial charge < -0.3 is 5.32 Å². The first-order valence-corrected chi connectivity index (χ1v) is 5.12. The van der Waals surface area contributed by atoms with Crippen molar-refractivity contribution < 1.29 is 13.2 Å². The van der Waals surface area contributed by atoms with E-state index in [1.165, 1.54) is 6.07 Å². The molecule has 0 aromatic heterocycles. The second kappa shape index (κ2) is 5.09. The Bertz CT molecular complexity index is 432. The highest BCUT2D eigenvalue weighted by atomic mass is 19.4. The first kappa shape index (κ1) is 13.4. The highest BCUT2D eigenvalue weighted by molar-refractivity contribution is 5.48. The van der Waals surface area contributed by atoms with E-state index in [4.69, 9.17) is 5.26 Å². The van der Waals surface area contributed by atoms with E-state index in [9.17, 15) is 13.2 Å². The second-order valence-corrected chi connectivity index (χ2v) is 3.90. The molecule has 2 nitrogen and oxygen atoms in total. The number of nitriles is 1. The predicted molar refractivity (Wildman–Crippen MR) is 59.6 cm³/mol. The van der Waals surface area contributed by atoms with Crippen molar-refractivity contribution in [2.24, 2.45) is 5.92 Å². The van der Waals surface area contributed by atoms with E-state index in [2.05, 4.69) is 5.32 Å². The highest BCUT2D eigenvalue weighted by Gasteiger charge is 2.39. The number of nitrogens with one attached hydrogen (secondary N) is 1. The molecule has 1 aromatic rings. The topological polar surface area (TPSA) is 35.8 Å². The monoisotopic (exact) mass is 242 g/mol. The molecule has 92 valence electrons. The first-order valence-electron chi connectivity index (χ1n) is 5.12. The van der Waals surface area contributed by atoms with Crippen LogP contribution in [0.4, 0.5) is 18.9 Å². The Morgan fingerprint density at radius 2 is 1.94 bits per heavy atom. The van der Waals surface area contributed by atoms with Crippen LogP contribution in [0.3, 0.4) is 0 Å². The summed E-state index contributed by atoms with van der Waals surface area (Å²) in [4.78, 5) is 0. The summed E-state index contributed by atoms with van der Waals surface area (Å²) in [6, 6.07) is 6.54. The summed E-state index contributed by atoms with van der Waals surface area (Å²) in [5.74, 6) is -1.98. The fourth-order valence-electron chi connectivity index (χ4n) is 1.31. The minimum Gasteiger partial charge on any atom is -0.383 e. The fourth-order valence-corrected chi connectivity index (χ4v) is 1.31. The number of hydrogen-bond acceptors (Lipinski definition) is 2. The van der Waals surface area contributed by atoms with Gasteiger partial charge in [-0.05, 0) is 37.1 Å². The van der Waals surface area contributed by atoms with Gasteiger partial charge in [0, 0.05) is 12.2 Å². The van der Waals surface area contributed by atoms with E-state index in [1.807, 2.05) is 19.9 Å². The van der Waals surface area contributed by atoms with Crippen LogP contribution in [0.25, 0.3) is 0 Å². The zero-order valence-electron chi connectivity index (χ0n) is 9.60. The largest absolute Gasteiger partial charge is 0.406 e. The molecular formula is C12H13F3N2. The van der Waals surface area contributed by atoms with E-state index in [1.54, 1.807) is 12.1 Å². The molecule has 1 atom stereocenters. The molecule has 0 aliphatic heterocycles. The van der Waals surface area contributed by atoms with Gasteiger partial charge in [0.1, 0.15) is 0 Å². The average molecular weight is 242 g/mol. The van der Waals surface area contributed by atoms with Gasteiger partial charge in [0.25, 0.3) is 0 Å². The smallest absolute Gasteiger partial charge is 0.383 e. The number of anilines is 1. The van der Waals surface area contributed by atoms with E-state index in [0.29, 0.717) is 5.69 Å². The average Bonchev–Trinajstić information content (AvgIpc) is 2.22. The van der Waals surface area contributed by atoms with Gasteiger partial charge in [0.05, 0.1) is 6.07 Å². The van der Waals surface area contributed by atoms with E-state index < -0.39 is 18.6 Å². The van der Waals surface area contributed by atoms with Crippen molar-refractivity contribution in [1.29, 1.82) is 5.26 Å². The number of benzene rings is 1. The van der Waals surface area contributed by atoms with Gasteiger partial charge >= 0.3 is 6.18 Å². The lowest BCUT2D eigenvalue weighted by atomic mass is 10.1. The third-order valence-corrected chi connectivity index (χ3v) is 2.57. The standard InChI is InChI=1S/C12H13F3N2/c1-8-3-4-11(5-9(8)2)17-7-10(6-16)12(13,14)15/h3-5,10,17H,7H2,1-2H3. The van der Waals surface area contributed by atoms with Gasteiger partial charge in [-0.3, -0.25) is 0 Å². The Labute approximate surface area is 98.1 Å². The molecule has 0 fully saturated rings. The SMILES string of the molecule is Cc1ccc(NCC(C#N)C(F)(F)F)cc1C. The van der Waals surface area contributed by atoms with Gasteiger partial charge in [-0.25, -0.2) is 0 Å². The van der Waals surface area contributed by atoms with Gasteiger partial charge in [-0.2, -0.15) is 18.4 Å². The second-order valence-electron chi connectivity index (χ2n) is 3.90. The lowest BCUT2D eigenvalue weighted by molar-refractivity contribution is -0.155. The van der Waals surface area contributed by atoms with Crippen LogP contribution in [0.5, 0.6) is 0 Å². The molecule has 0 aliphatic carbocycles. The highest BCUT2D eigenvalue weighted by Crippen LogP contribution is 2.26. The summed E-state index contributed by atoms with van der Waals surface area (Å²) in [5, 5.41) is 11.1. The molecule has 1 rings (SSSR count). The van der Waals surface area contributed by atoms with Crippen LogP contribution in [0.15, 0.2) is 18.2 Å². The summed E-state index contributed by atoms with van der Waals surface area (Å²) >= 11 is 0. The summed E-state index contributed by atoms with van der Waals surface area (Å²) in [6.45, 7) is 3.38. The van der Waals surface area contributed by atoms with Gasteiger partial charge in [0.2, 0.25) is 0 Å². The molecule has 1 unspecified atom stereocenters. The van der Waals surface area contributed by atoms with Crippen molar-refractivity contribution in [3.05, 3.63) is 29.3 Å². The number of nitrogens with zero attached hydrogens (tertiary/aromatic N) is 1. The predicted octanol–water partition coefficient (Wildman–Crippen LogP) is 3.42. The Hall–Kier alpha value is -1.70. The number of rotatable bonds is 3. The Balaban J connectivity index is 2.67. The summed E-state index contributed by atoms with van der Waals surface area (Å²) < 4.78 is 36.9. The maximum absolute atomic E-state index is 12.3. The van der Waals surface area contributed by atoms with Gasteiger partial charge in [-0.1, -0.05) is 6.07 Å². The molecule has 5 heteroatoms. The molecule has 0 radical (unpaired) electrons. The van der Waals surface area contributed by atoms with Crippen LogP contribution < -0.4 is 5.32 Å². The summed E-state index contributed by atoms with van der Waals surface area (Å²) in [5.41, 5.74) is 2.66. The molecule has 0 bridgehead atoms. The van der Waals surface area contributed by atoms with Crippen LogP contribution in [0, 0.1) is 31.1 Å². The van der Waals surface area contributed by atoms with Crippen LogP contribution >= 0.6 is 0 Å². The number of halogens is 3. The Morgan fingerprint density at radius 1 is 1.29 bits per heavy atom. The Morgan fingerprint density at radius 3 is 2.41 bits per heavy atom. The summed E-state index contributed by atoms with van der Waals surface area (Å²) in [6.07, 6.45) is -4.48. The van der Waals surface area contributed by atoms with Crippen molar-refractivity contribution >= 4 is 5.69 Å². The summed E-state index contributed by atoms with van der Waals surface area (Å²) in [7, 11) is 0. The zero-order valence-corrected chi connectivity index (χ0v) is 9.60. The lowest BCUT2D eigenvalue weighted by Crippen LogP contribution is -2.28. The van der Waals surface area contributed by atoms with Crippen LogP contribution in [-0.2, 0) is 0 Å². The quantitative estimate of drug-likeness (QED) is 0.881. The minimum absolute atomic E-state index is 0.428. The van der Waals surface area contributed by atoms with Crippen molar-refractivity contribution in [2.75, 3.05) is 11.9 Å². The number of aryl methyl sites for hydroxylation is 2. The van der Waals surface area contributed by atoms with Crippen molar-refractivity contribution in [3.8, 4) is 6.07 Å². The van der Waals surface area contributed by atoms with E-state index in [-0.39, 0.29) is 0 Å². The fraction of sp³-hybridized carbons (Fsp3) is 0.417. The molecule has 1 aromatic carbocycles. The molecule has 0 saturated heterocycles. The third kappa shape index (κ3) is 3.66. The van der Waals surface area contributed by atoms with Crippen molar-refractivity contribution in [3.63, 3.8) is 0 Å². The molecule has 0 aliphatic rings. The van der Waals surface area contributed by atoms with E-state index in [0.717, 1.165) is 11.1 Å². The molecule has 17 heavy (non-hydrogen) atoms. The zero-order chi connectivity index (χ0) is 13.1. The maximum atomic E-state index is 12.3. The molecule has 0 spiro atoms. The lowest BCUT2D eigenvalue weighted by Gasteiger charge is -2.15. The van der Waals surface area contributed by atoms with Crippen LogP contribution in [0.2, 0.25) is 0 Å². The first-order chi connectivity index (χ1) is 7.84.